The number of carbonyl (C=O) groups excluding carboxylic acids is 2. The summed E-state index contributed by atoms with van der Waals surface area (Å²) < 4.78 is 11.3. The Hall–Kier alpha value is -2.41. The van der Waals surface area contributed by atoms with Gasteiger partial charge in [0.2, 0.25) is 6.73 Å². The molecule has 2 aromatic rings. The highest BCUT2D eigenvalue weighted by molar-refractivity contribution is 5.89. The second-order valence-corrected chi connectivity index (χ2v) is 8.84. The lowest BCUT2D eigenvalue weighted by molar-refractivity contribution is -0.907. The maximum atomic E-state index is 13.0. The minimum atomic E-state index is -1.63. The van der Waals surface area contributed by atoms with Crippen LogP contribution in [0.1, 0.15) is 41.6 Å². The molecule has 1 aliphatic rings. The molecule has 0 radical (unpaired) electrons. The van der Waals surface area contributed by atoms with Crippen LogP contribution in [0.2, 0.25) is 0 Å². The minimum absolute atomic E-state index is 0. The Morgan fingerprint density at radius 1 is 0.969 bits per heavy atom. The van der Waals surface area contributed by atoms with Gasteiger partial charge in [-0.2, -0.15) is 0 Å². The number of likely N-dealkylation sites (N-methyl/N-ethyl adjacent to an activating group) is 1. The largest absolute Gasteiger partial charge is 1.00 e. The summed E-state index contributed by atoms with van der Waals surface area (Å²) in [7, 11) is 3.79. The Labute approximate surface area is 196 Å². The van der Waals surface area contributed by atoms with Crippen LogP contribution in [0.4, 0.5) is 0 Å². The van der Waals surface area contributed by atoms with Crippen LogP contribution in [0.5, 0.6) is 0 Å². The molecule has 0 amide bonds. The number of quaternary nitrogens is 1. The molecule has 32 heavy (non-hydrogen) atoms. The van der Waals surface area contributed by atoms with Crippen molar-refractivity contribution in [2.24, 2.45) is 5.92 Å². The van der Waals surface area contributed by atoms with Gasteiger partial charge in [0, 0.05) is 5.92 Å². The van der Waals surface area contributed by atoms with Crippen LogP contribution in [-0.4, -0.2) is 55.5 Å². The monoisotopic (exact) mass is 461 g/mol. The number of hydrogen-bond donors (Lipinski definition) is 1. The molecule has 1 N–H and O–H groups in total. The molecule has 174 valence electrons. The molecule has 0 aliphatic heterocycles. The number of hydrogen-bond acceptors (Lipinski definition) is 5. The number of carbonyl (C=O) groups is 2. The van der Waals surface area contributed by atoms with E-state index in [1.807, 2.05) is 38.4 Å². The molecule has 7 heteroatoms. The topological polar surface area (TPSA) is 72.8 Å². The van der Waals surface area contributed by atoms with Crippen LogP contribution < -0.4 is 12.4 Å². The average molecular weight is 462 g/mol. The number of aliphatic hydroxyl groups is 1. The van der Waals surface area contributed by atoms with E-state index < -0.39 is 11.6 Å². The maximum Gasteiger partial charge on any atom is 0.343 e. The summed E-state index contributed by atoms with van der Waals surface area (Å²) in [6.45, 7) is 0.719. The van der Waals surface area contributed by atoms with Crippen LogP contribution in [0.3, 0.4) is 0 Å². The number of esters is 2. The normalized spacial score (nSPS) is 16.0. The van der Waals surface area contributed by atoms with E-state index in [-0.39, 0.29) is 37.6 Å². The average Bonchev–Trinajstić information content (AvgIpc) is 3.33. The number of rotatable bonds is 9. The predicted octanol–water partition coefficient (Wildman–Crippen LogP) is 0.503. The summed E-state index contributed by atoms with van der Waals surface area (Å²) >= 11 is 0. The van der Waals surface area contributed by atoms with E-state index in [9.17, 15) is 14.7 Å². The molecule has 1 aliphatic carbocycles. The Bertz CT molecular complexity index is 868. The standard InChI is InChI=1S/C25H32NO5.ClH/c1-26(2,19-31-23(27)20-11-5-3-6-12-20)17-18-30-24(28)25(29,22-15-9-10-16-22)21-13-7-4-8-14-21;/h3-8,11-14,22,29H,9-10,15-19H2,1-2H3;1H/q+1;/p-1. The summed E-state index contributed by atoms with van der Waals surface area (Å²) in [5, 5.41) is 11.4. The van der Waals surface area contributed by atoms with Gasteiger partial charge >= 0.3 is 11.9 Å². The van der Waals surface area contributed by atoms with Gasteiger partial charge in [-0.3, -0.25) is 4.48 Å². The van der Waals surface area contributed by atoms with Crippen molar-refractivity contribution in [1.82, 2.24) is 0 Å². The highest BCUT2D eigenvalue weighted by Gasteiger charge is 2.47. The Morgan fingerprint density at radius 3 is 2.12 bits per heavy atom. The lowest BCUT2D eigenvalue weighted by Crippen LogP contribution is -3.00. The van der Waals surface area contributed by atoms with E-state index in [2.05, 4.69) is 0 Å². The summed E-state index contributed by atoms with van der Waals surface area (Å²) in [6.07, 6.45) is 3.61. The zero-order chi connectivity index (χ0) is 22.3. The van der Waals surface area contributed by atoms with Gasteiger partial charge in [-0.15, -0.1) is 0 Å². The van der Waals surface area contributed by atoms with E-state index in [4.69, 9.17) is 9.47 Å². The molecule has 1 saturated carbocycles. The molecule has 1 unspecified atom stereocenters. The molecular formula is C25H32ClNO5. The van der Waals surface area contributed by atoms with Crippen LogP contribution in [0, 0.1) is 5.92 Å². The minimum Gasteiger partial charge on any atom is -1.00 e. The van der Waals surface area contributed by atoms with E-state index in [1.165, 1.54) is 0 Å². The fourth-order valence-electron chi connectivity index (χ4n) is 4.01. The lowest BCUT2D eigenvalue weighted by Gasteiger charge is -2.33. The first-order valence-electron chi connectivity index (χ1n) is 10.8. The Balaban J connectivity index is 0.00000363. The third-order valence-corrected chi connectivity index (χ3v) is 5.96. The number of ether oxygens (including phenoxy) is 2. The fraction of sp³-hybridized carbons (Fsp3) is 0.440. The van der Waals surface area contributed by atoms with Gasteiger partial charge in [-0.1, -0.05) is 61.4 Å². The molecule has 1 fully saturated rings. The lowest BCUT2D eigenvalue weighted by atomic mass is 9.80. The maximum absolute atomic E-state index is 13.0. The molecular weight excluding hydrogens is 430 g/mol. The van der Waals surface area contributed by atoms with Crippen molar-refractivity contribution >= 4 is 11.9 Å². The number of benzene rings is 2. The zero-order valence-corrected chi connectivity index (χ0v) is 19.5. The van der Waals surface area contributed by atoms with Crippen LogP contribution in [0.15, 0.2) is 60.7 Å². The molecule has 1 atom stereocenters. The first kappa shape index (κ1) is 25.8. The van der Waals surface area contributed by atoms with Gasteiger partial charge in [0.15, 0.2) is 5.60 Å². The molecule has 6 nitrogen and oxygen atoms in total. The van der Waals surface area contributed by atoms with Crippen molar-refractivity contribution in [3.8, 4) is 0 Å². The highest BCUT2D eigenvalue weighted by Crippen LogP contribution is 2.41. The Morgan fingerprint density at radius 2 is 1.53 bits per heavy atom. The van der Waals surface area contributed by atoms with Crippen LogP contribution in [-0.2, 0) is 19.9 Å². The predicted molar refractivity (Wildman–Crippen MR) is 117 cm³/mol. The second-order valence-electron chi connectivity index (χ2n) is 8.84. The van der Waals surface area contributed by atoms with Gasteiger partial charge in [0.25, 0.3) is 0 Å². The van der Waals surface area contributed by atoms with Crippen molar-refractivity contribution < 1.29 is 41.1 Å². The highest BCUT2D eigenvalue weighted by atomic mass is 35.5. The summed E-state index contributed by atoms with van der Waals surface area (Å²) in [5.74, 6) is -1.13. The molecule has 0 saturated heterocycles. The molecule has 3 rings (SSSR count). The van der Waals surface area contributed by atoms with Gasteiger partial charge in [0.05, 0.1) is 19.7 Å². The molecule has 0 heterocycles. The number of halogens is 1. The van der Waals surface area contributed by atoms with E-state index >= 15 is 0 Å². The third kappa shape index (κ3) is 6.31. The van der Waals surface area contributed by atoms with Crippen molar-refractivity contribution in [1.29, 1.82) is 0 Å². The summed E-state index contributed by atoms with van der Waals surface area (Å²) in [5.41, 5.74) is -0.551. The first-order valence-corrected chi connectivity index (χ1v) is 10.8. The van der Waals surface area contributed by atoms with E-state index in [0.29, 0.717) is 22.2 Å². The number of nitrogens with zero attached hydrogens (tertiary/aromatic N) is 1. The van der Waals surface area contributed by atoms with Crippen molar-refractivity contribution in [3.63, 3.8) is 0 Å². The zero-order valence-electron chi connectivity index (χ0n) is 18.7. The second kappa shape index (κ2) is 11.5. The van der Waals surface area contributed by atoms with Gasteiger partial charge in [-0.25, -0.2) is 9.59 Å². The summed E-state index contributed by atoms with van der Waals surface area (Å²) in [6, 6.07) is 17.9. The third-order valence-electron chi connectivity index (χ3n) is 5.96. The molecule has 0 aromatic heterocycles. The summed E-state index contributed by atoms with van der Waals surface area (Å²) in [4.78, 5) is 25.2. The smallest absolute Gasteiger partial charge is 0.343 e. The fourth-order valence-corrected chi connectivity index (χ4v) is 4.01. The first-order chi connectivity index (χ1) is 14.8. The van der Waals surface area contributed by atoms with Crippen molar-refractivity contribution in [2.45, 2.75) is 31.3 Å². The van der Waals surface area contributed by atoms with Crippen LogP contribution in [0.25, 0.3) is 0 Å². The SMILES string of the molecule is C[N+](C)(CCOC(=O)C(O)(c1ccccc1)C1CCCC1)COC(=O)c1ccccc1.[Cl-]. The Kier molecular flexibility index (Phi) is 9.25. The van der Waals surface area contributed by atoms with Crippen molar-refractivity contribution in [2.75, 3.05) is 34.0 Å². The quantitative estimate of drug-likeness (QED) is 0.334. The van der Waals surface area contributed by atoms with E-state index in [0.717, 1.165) is 25.7 Å². The van der Waals surface area contributed by atoms with Gasteiger partial charge < -0.3 is 27.0 Å². The van der Waals surface area contributed by atoms with Crippen LogP contribution >= 0.6 is 0 Å². The van der Waals surface area contributed by atoms with Crippen molar-refractivity contribution in [3.05, 3.63) is 71.8 Å². The van der Waals surface area contributed by atoms with Gasteiger partial charge in [-0.05, 0) is 30.5 Å². The van der Waals surface area contributed by atoms with E-state index in [1.54, 1.807) is 36.4 Å². The molecule has 0 bridgehead atoms. The van der Waals surface area contributed by atoms with Gasteiger partial charge in [0.1, 0.15) is 13.2 Å². The molecule has 0 spiro atoms. The molecule has 2 aromatic carbocycles.